The second-order valence-corrected chi connectivity index (χ2v) is 7.94. The summed E-state index contributed by atoms with van der Waals surface area (Å²) in [4.78, 5) is 2.66. The fourth-order valence-corrected chi connectivity index (χ4v) is 4.61. The molecule has 0 bridgehead atoms. The number of nitrogens with zero attached hydrogens (tertiary/aromatic N) is 3. The minimum Gasteiger partial charge on any atom is -0.381 e. The lowest BCUT2D eigenvalue weighted by molar-refractivity contribution is 0.0540. The molecule has 1 saturated carbocycles. The van der Waals surface area contributed by atoms with Crippen LogP contribution in [-0.2, 0) is 4.74 Å². The fourth-order valence-electron chi connectivity index (χ4n) is 4.61. The normalized spacial score (nSPS) is 28.7. The second kappa shape index (κ2) is 6.97. The number of anilines is 1. The predicted molar refractivity (Wildman–Crippen MR) is 102 cm³/mol. The van der Waals surface area contributed by atoms with E-state index in [-0.39, 0.29) is 0 Å². The summed E-state index contributed by atoms with van der Waals surface area (Å²) in [6, 6.07) is 14.9. The lowest BCUT2D eigenvalue weighted by atomic mass is 10.00. The highest BCUT2D eigenvalue weighted by Crippen LogP contribution is 2.47. The highest BCUT2D eigenvalue weighted by Gasteiger charge is 2.55. The summed E-state index contributed by atoms with van der Waals surface area (Å²) in [5, 5.41) is 12.4. The van der Waals surface area contributed by atoms with Gasteiger partial charge in [-0.05, 0) is 42.7 Å². The Labute approximate surface area is 154 Å². The molecule has 0 unspecified atom stereocenters. The van der Waals surface area contributed by atoms with Crippen LogP contribution in [0.4, 0.5) is 5.82 Å². The van der Waals surface area contributed by atoms with Gasteiger partial charge in [-0.2, -0.15) is 0 Å². The van der Waals surface area contributed by atoms with Crippen LogP contribution < -0.4 is 5.32 Å². The third-order valence-electron chi connectivity index (χ3n) is 6.18. The molecule has 3 atom stereocenters. The maximum atomic E-state index is 5.47. The SMILES string of the molecule is c1ccc(-c2ccc(N[C@H]3[C@@H]4CN(CC5CCOCC5)C[C@@H]43)nn2)cc1. The van der Waals surface area contributed by atoms with E-state index in [1.807, 2.05) is 18.2 Å². The lowest BCUT2D eigenvalue weighted by Gasteiger charge is -2.28. The first-order valence-electron chi connectivity index (χ1n) is 9.82. The van der Waals surface area contributed by atoms with Gasteiger partial charge < -0.3 is 15.0 Å². The van der Waals surface area contributed by atoms with Gasteiger partial charge in [-0.3, -0.25) is 0 Å². The Morgan fingerprint density at radius 1 is 0.962 bits per heavy atom. The lowest BCUT2D eigenvalue weighted by Crippen LogP contribution is -2.34. The molecule has 26 heavy (non-hydrogen) atoms. The number of hydrogen-bond donors (Lipinski definition) is 1. The molecule has 2 saturated heterocycles. The van der Waals surface area contributed by atoms with Crippen LogP contribution >= 0.6 is 0 Å². The average Bonchev–Trinajstić information content (AvgIpc) is 3.13. The van der Waals surface area contributed by atoms with E-state index in [2.05, 4.69) is 44.7 Å². The molecule has 5 heteroatoms. The Balaban J connectivity index is 1.12. The van der Waals surface area contributed by atoms with Gasteiger partial charge in [0.05, 0.1) is 5.69 Å². The Bertz CT molecular complexity index is 717. The van der Waals surface area contributed by atoms with Crippen molar-refractivity contribution in [2.45, 2.75) is 18.9 Å². The molecule has 0 radical (unpaired) electrons. The molecule has 1 aliphatic carbocycles. The summed E-state index contributed by atoms with van der Waals surface area (Å²) in [6.45, 7) is 5.62. The Hall–Kier alpha value is -1.98. The number of hydrogen-bond acceptors (Lipinski definition) is 5. The van der Waals surface area contributed by atoms with Gasteiger partial charge in [0.1, 0.15) is 5.82 Å². The Kier molecular flexibility index (Phi) is 4.35. The van der Waals surface area contributed by atoms with E-state index < -0.39 is 0 Å². The monoisotopic (exact) mass is 350 g/mol. The first kappa shape index (κ1) is 16.2. The van der Waals surface area contributed by atoms with Crippen molar-refractivity contribution in [1.82, 2.24) is 15.1 Å². The van der Waals surface area contributed by atoms with Gasteiger partial charge in [0.2, 0.25) is 0 Å². The molecule has 1 aromatic carbocycles. The number of ether oxygens (including phenoxy) is 1. The number of fused-ring (bicyclic) bond motifs is 1. The van der Waals surface area contributed by atoms with Crippen LogP contribution in [-0.4, -0.2) is 54.0 Å². The third kappa shape index (κ3) is 3.33. The maximum absolute atomic E-state index is 5.47. The van der Waals surface area contributed by atoms with Crippen molar-refractivity contribution in [1.29, 1.82) is 0 Å². The zero-order chi connectivity index (χ0) is 17.3. The van der Waals surface area contributed by atoms with Crippen LogP contribution in [0.1, 0.15) is 12.8 Å². The first-order chi connectivity index (χ1) is 12.9. The number of aromatic nitrogens is 2. The van der Waals surface area contributed by atoms with Gasteiger partial charge in [-0.1, -0.05) is 30.3 Å². The molecule has 1 N–H and O–H groups in total. The smallest absolute Gasteiger partial charge is 0.148 e. The highest BCUT2D eigenvalue weighted by atomic mass is 16.5. The number of likely N-dealkylation sites (tertiary alicyclic amines) is 1. The van der Waals surface area contributed by atoms with Crippen molar-refractivity contribution in [2.24, 2.45) is 17.8 Å². The predicted octanol–water partition coefficient (Wildman–Crippen LogP) is 2.91. The van der Waals surface area contributed by atoms with Crippen molar-refractivity contribution in [2.75, 3.05) is 38.2 Å². The largest absolute Gasteiger partial charge is 0.381 e. The number of nitrogens with one attached hydrogen (secondary N) is 1. The van der Waals surface area contributed by atoms with Gasteiger partial charge >= 0.3 is 0 Å². The maximum Gasteiger partial charge on any atom is 0.148 e. The quantitative estimate of drug-likeness (QED) is 0.899. The number of rotatable bonds is 5. The minimum atomic E-state index is 0.581. The molecular formula is C21H26N4O. The summed E-state index contributed by atoms with van der Waals surface area (Å²) in [7, 11) is 0. The zero-order valence-electron chi connectivity index (χ0n) is 15.1. The summed E-state index contributed by atoms with van der Waals surface area (Å²) in [6.07, 6.45) is 2.47. The molecule has 1 aromatic heterocycles. The standard InChI is InChI=1S/C21H26N4O/c1-2-4-16(5-3-1)19-6-7-20(24-23-19)22-21-17-13-25(14-18(17)21)12-15-8-10-26-11-9-15/h1-7,15,17-18,21H,8-14H2,(H,22,24)/t17-,18+,21+. The molecule has 136 valence electrons. The van der Waals surface area contributed by atoms with E-state index in [1.54, 1.807) is 0 Å². The number of piperidine rings is 1. The zero-order valence-corrected chi connectivity index (χ0v) is 15.1. The summed E-state index contributed by atoms with van der Waals surface area (Å²) >= 11 is 0. The molecule has 5 nitrogen and oxygen atoms in total. The van der Waals surface area contributed by atoms with Gasteiger partial charge in [-0.15, -0.1) is 10.2 Å². The van der Waals surface area contributed by atoms with Crippen LogP contribution in [0.2, 0.25) is 0 Å². The molecule has 3 aliphatic rings. The third-order valence-corrected chi connectivity index (χ3v) is 6.18. The summed E-state index contributed by atoms with van der Waals surface area (Å²) < 4.78 is 5.47. The second-order valence-electron chi connectivity index (χ2n) is 7.94. The molecular weight excluding hydrogens is 324 g/mol. The van der Waals surface area contributed by atoms with Gasteiger partial charge in [0, 0.05) is 44.5 Å². The van der Waals surface area contributed by atoms with Gasteiger partial charge in [-0.25, -0.2) is 0 Å². The van der Waals surface area contributed by atoms with Crippen molar-refractivity contribution < 1.29 is 4.74 Å². The molecule has 2 aliphatic heterocycles. The topological polar surface area (TPSA) is 50.3 Å². The van der Waals surface area contributed by atoms with E-state index >= 15 is 0 Å². The first-order valence-corrected chi connectivity index (χ1v) is 9.82. The van der Waals surface area contributed by atoms with Crippen LogP contribution in [0.3, 0.4) is 0 Å². The highest BCUT2D eigenvalue weighted by molar-refractivity contribution is 5.59. The van der Waals surface area contributed by atoms with Crippen LogP contribution in [0.25, 0.3) is 11.3 Å². The number of benzene rings is 1. The summed E-state index contributed by atoms with van der Waals surface area (Å²) in [5.41, 5.74) is 2.04. The Morgan fingerprint density at radius 2 is 1.73 bits per heavy atom. The van der Waals surface area contributed by atoms with Crippen molar-refractivity contribution in [3.8, 4) is 11.3 Å². The minimum absolute atomic E-state index is 0.581. The molecule has 3 fully saturated rings. The molecule has 2 aromatic rings. The van der Waals surface area contributed by atoms with Crippen LogP contribution in [0.5, 0.6) is 0 Å². The fraction of sp³-hybridized carbons (Fsp3) is 0.524. The van der Waals surface area contributed by atoms with E-state index in [0.717, 1.165) is 48.0 Å². The van der Waals surface area contributed by atoms with E-state index in [9.17, 15) is 0 Å². The van der Waals surface area contributed by atoms with Crippen molar-refractivity contribution in [3.05, 3.63) is 42.5 Å². The van der Waals surface area contributed by atoms with Gasteiger partial charge in [0.15, 0.2) is 0 Å². The molecule has 0 amide bonds. The molecule has 5 rings (SSSR count). The summed E-state index contributed by atoms with van der Waals surface area (Å²) in [5.74, 6) is 3.31. The van der Waals surface area contributed by atoms with E-state index in [0.29, 0.717) is 6.04 Å². The van der Waals surface area contributed by atoms with Crippen LogP contribution in [0, 0.1) is 17.8 Å². The van der Waals surface area contributed by atoms with Crippen molar-refractivity contribution in [3.63, 3.8) is 0 Å². The van der Waals surface area contributed by atoms with Crippen molar-refractivity contribution >= 4 is 5.82 Å². The van der Waals surface area contributed by atoms with Gasteiger partial charge in [0.25, 0.3) is 0 Å². The van der Waals surface area contributed by atoms with E-state index in [1.165, 1.54) is 32.5 Å². The average molecular weight is 350 g/mol. The molecule has 3 heterocycles. The Morgan fingerprint density at radius 3 is 2.42 bits per heavy atom. The van der Waals surface area contributed by atoms with E-state index in [4.69, 9.17) is 4.74 Å². The van der Waals surface area contributed by atoms with Crippen LogP contribution in [0.15, 0.2) is 42.5 Å². The molecule has 0 spiro atoms.